The second-order valence-corrected chi connectivity index (χ2v) is 6.09. The SMILES string of the molecule is Cc1cc(C)cc(-n2ncc(CNCC3CNCC3O)n2)c1. The van der Waals surface area contributed by atoms with Gasteiger partial charge in [-0.25, -0.2) is 0 Å². The third-order valence-corrected chi connectivity index (χ3v) is 3.99. The minimum absolute atomic E-state index is 0.251. The molecular weight excluding hydrogens is 278 g/mol. The first-order chi connectivity index (χ1) is 10.6. The number of aromatic nitrogens is 3. The molecule has 1 aromatic carbocycles. The Labute approximate surface area is 130 Å². The summed E-state index contributed by atoms with van der Waals surface area (Å²) in [6, 6.07) is 6.28. The van der Waals surface area contributed by atoms with Crippen LogP contribution in [0, 0.1) is 19.8 Å². The van der Waals surface area contributed by atoms with Crippen molar-refractivity contribution in [2.75, 3.05) is 19.6 Å². The first-order valence-corrected chi connectivity index (χ1v) is 7.71. The molecule has 1 aliphatic rings. The fraction of sp³-hybridized carbons (Fsp3) is 0.500. The van der Waals surface area contributed by atoms with Crippen molar-refractivity contribution >= 4 is 0 Å². The summed E-state index contributed by atoms with van der Waals surface area (Å²) in [5, 5.41) is 25.1. The predicted molar refractivity (Wildman–Crippen MR) is 84.9 cm³/mol. The molecule has 6 heteroatoms. The maximum Gasteiger partial charge on any atom is 0.0969 e. The highest BCUT2D eigenvalue weighted by Crippen LogP contribution is 2.12. The number of benzene rings is 1. The summed E-state index contributed by atoms with van der Waals surface area (Å²) < 4.78 is 0. The van der Waals surface area contributed by atoms with Gasteiger partial charge >= 0.3 is 0 Å². The highest BCUT2D eigenvalue weighted by molar-refractivity contribution is 5.37. The first-order valence-electron chi connectivity index (χ1n) is 7.71. The second kappa shape index (κ2) is 6.56. The summed E-state index contributed by atoms with van der Waals surface area (Å²) >= 11 is 0. The molecule has 6 nitrogen and oxygen atoms in total. The van der Waals surface area contributed by atoms with E-state index in [0.29, 0.717) is 13.1 Å². The van der Waals surface area contributed by atoms with Gasteiger partial charge in [0.15, 0.2) is 0 Å². The Morgan fingerprint density at radius 1 is 1.27 bits per heavy atom. The molecule has 0 aliphatic carbocycles. The van der Waals surface area contributed by atoms with Gasteiger partial charge in [-0.1, -0.05) is 6.07 Å². The first kappa shape index (κ1) is 15.1. The van der Waals surface area contributed by atoms with E-state index in [1.165, 1.54) is 11.1 Å². The van der Waals surface area contributed by atoms with Crippen molar-refractivity contribution in [3.05, 3.63) is 41.2 Å². The molecule has 2 heterocycles. The molecule has 2 atom stereocenters. The van der Waals surface area contributed by atoms with Gasteiger partial charge in [0, 0.05) is 32.1 Å². The van der Waals surface area contributed by atoms with Gasteiger partial charge in [-0.3, -0.25) is 0 Å². The Balaban J connectivity index is 1.59. The van der Waals surface area contributed by atoms with Gasteiger partial charge in [0.1, 0.15) is 0 Å². The Morgan fingerprint density at radius 3 is 2.73 bits per heavy atom. The highest BCUT2D eigenvalue weighted by atomic mass is 16.3. The summed E-state index contributed by atoms with van der Waals surface area (Å²) in [4.78, 5) is 1.67. The molecule has 3 N–H and O–H groups in total. The predicted octanol–water partition coefficient (Wildman–Crippen LogP) is 0.554. The number of aryl methyl sites for hydroxylation is 2. The molecule has 1 saturated heterocycles. The van der Waals surface area contributed by atoms with Crippen LogP contribution in [0.15, 0.2) is 24.4 Å². The van der Waals surface area contributed by atoms with Crippen LogP contribution in [0.3, 0.4) is 0 Å². The van der Waals surface area contributed by atoms with E-state index < -0.39 is 0 Å². The van der Waals surface area contributed by atoms with Crippen LogP contribution in [-0.2, 0) is 6.54 Å². The minimum atomic E-state index is -0.251. The molecule has 22 heavy (non-hydrogen) atoms. The van der Waals surface area contributed by atoms with Gasteiger partial charge < -0.3 is 15.7 Å². The molecule has 1 fully saturated rings. The fourth-order valence-electron chi connectivity index (χ4n) is 2.88. The van der Waals surface area contributed by atoms with Crippen LogP contribution >= 0.6 is 0 Å². The topological polar surface area (TPSA) is 75.0 Å². The molecule has 1 aromatic heterocycles. The van der Waals surface area contributed by atoms with Crippen LogP contribution in [0.4, 0.5) is 0 Å². The lowest BCUT2D eigenvalue weighted by Crippen LogP contribution is -2.30. The number of nitrogens with zero attached hydrogens (tertiary/aromatic N) is 3. The van der Waals surface area contributed by atoms with Crippen molar-refractivity contribution in [2.45, 2.75) is 26.5 Å². The summed E-state index contributed by atoms with van der Waals surface area (Å²) in [6.45, 7) is 7.14. The monoisotopic (exact) mass is 301 g/mol. The molecule has 0 amide bonds. The zero-order valence-electron chi connectivity index (χ0n) is 13.1. The summed E-state index contributed by atoms with van der Waals surface area (Å²) in [7, 11) is 0. The molecule has 0 saturated carbocycles. The van der Waals surface area contributed by atoms with Crippen LogP contribution in [0.1, 0.15) is 16.8 Å². The van der Waals surface area contributed by atoms with Crippen LogP contribution in [0.5, 0.6) is 0 Å². The Kier molecular flexibility index (Phi) is 4.52. The molecule has 1 aliphatic heterocycles. The molecule has 2 unspecified atom stereocenters. The third kappa shape index (κ3) is 3.52. The highest BCUT2D eigenvalue weighted by Gasteiger charge is 2.24. The minimum Gasteiger partial charge on any atom is -0.391 e. The van der Waals surface area contributed by atoms with E-state index in [0.717, 1.165) is 24.5 Å². The summed E-state index contributed by atoms with van der Waals surface area (Å²) in [6.07, 6.45) is 1.53. The maximum atomic E-state index is 9.76. The van der Waals surface area contributed by atoms with Crippen LogP contribution in [0.2, 0.25) is 0 Å². The van der Waals surface area contributed by atoms with Crippen LogP contribution in [0.25, 0.3) is 5.69 Å². The number of rotatable bonds is 5. The molecule has 3 rings (SSSR count). The maximum absolute atomic E-state index is 9.76. The summed E-state index contributed by atoms with van der Waals surface area (Å²) in [5.74, 6) is 0.273. The molecule has 118 valence electrons. The Morgan fingerprint density at radius 2 is 2.05 bits per heavy atom. The molecule has 0 bridgehead atoms. The van der Waals surface area contributed by atoms with E-state index in [1.54, 1.807) is 11.0 Å². The largest absolute Gasteiger partial charge is 0.391 e. The lowest BCUT2D eigenvalue weighted by molar-refractivity contribution is 0.146. The zero-order chi connectivity index (χ0) is 15.5. The van der Waals surface area contributed by atoms with E-state index in [1.807, 2.05) is 0 Å². The van der Waals surface area contributed by atoms with Gasteiger partial charge in [-0.05, 0) is 37.1 Å². The smallest absolute Gasteiger partial charge is 0.0969 e. The Bertz CT molecular complexity index is 619. The van der Waals surface area contributed by atoms with Gasteiger partial charge in [0.05, 0.1) is 23.7 Å². The van der Waals surface area contributed by atoms with Crippen molar-refractivity contribution in [2.24, 2.45) is 5.92 Å². The number of aliphatic hydroxyl groups is 1. The lowest BCUT2D eigenvalue weighted by Gasteiger charge is -2.13. The number of hydrogen-bond donors (Lipinski definition) is 3. The number of nitrogens with one attached hydrogen (secondary N) is 2. The van der Waals surface area contributed by atoms with Gasteiger partial charge in [0.2, 0.25) is 0 Å². The van der Waals surface area contributed by atoms with Crippen LogP contribution in [-0.4, -0.2) is 45.8 Å². The summed E-state index contributed by atoms with van der Waals surface area (Å²) in [5.41, 5.74) is 4.29. The number of β-amino-alcohol motifs (C(OH)–C–C–N with tert-alkyl or cyclic N) is 1. The zero-order valence-corrected chi connectivity index (χ0v) is 13.1. The quantitative estimate of drug-likeness (QED) is 0.752. The van der Waals surface area contributed by atoms with E-state index in [2.05, 4.69) is 52.9 Å². The van der Waals surface area contributed by atoms with Crippen molar-refractivity contribution in [3.8, 4) is 5.69 Å². The van der Waals surface area contributed by atoms with Gasteiger partial charge in [0.25, 0.3) is 0 Å². The van der Waals surface area contributed by atoms with E-state index in [4.69, 9.17) is 0 Å². The molecular formula is C16H23N5O. The molecule has 0 radical (unpaired) electrons. The number of hydrogen-bond acceptors (Lipinski definition) is 5. The average molecular weight is 301 g/mol. The fourth-order valence-corrected chi connectivity index (χ4v) is 2.88. The van der Waals surface area contributed by atoms with Crippen LogP contribution < -0.4 is 10.6 Å². The van der Waals surface area contributed by atoms with Gasteiger partial charge in [-0.15, -0.1) is 0 Å². The van der Waals surface area contributed by atoms with Crippen molar-refractivity contribution < 1.29 is 5.11 Å². The van der Waals surface area contributed by atoms with E-state index in [-0.39, 0.29) is 12.0 Å². The van der Waals surface area contributed by atoms with Crippen molar-refractivity contribution in [1.82, 2.24) is 25.6 Å². The third-order valence-electron chi connectivity index (χ3n) is 3.99. The molecule has 2 aromatic rings. The normalized spacial score (nSPS) is 21.4. The lowest BCUT2D eigenvalue weighted by atomic mass is 10.1. The Hall–Kier alpha value is -1.76. The van der Waals surface area contributed by atoms with Crippen molar-refractivity contribution in [1.29, 1.82) is 0 Å². The standard InChI is InChI=1S/C16H23N5O/c1-11-3-12(2)5-15(4-11)21-19-9-14(20-21)8-17-6-13-7-18-10-16(13)22/h3-5,9,13,16-18,22H,6-8,10H2,1-2H3. The van der Waals surface area contributed by atoms with Gasteiger partial charge in [-0.2, -0.15) is 15.0 Å². The van der Waals surface area contributed by atoms with E-state index >= 15 is 0 Å². The van der Waals surface area contributed by atoms with E-state index in [9.17, 15) is 5.11 Å². The number of aliphatic hydroxyl groups excluding tert-OH is 1. The molecule has 0 spiro atoms. The van der Waals surface area contributed by atoms with Crippen molar-refractivity contribution in [3.63, 3.8) is 0 Å². The average Bonchev–Trinajstić information content (AvgIpc) is 3.08. The second-order valence-electron chi connectivity index (χ2n) is 6.09.